The monoisotopic (exact) mass is 245 g/mol. The highest BCUT2D eigenvalue weighted by Crippen LogP contribution is 2.20. The molecule has 0 aromatic heterocycles. The number of β-amino-alcohol motifs (C(OH)–C–C–N with tert-alkyl or cyclic N) is 2. The van der Waals surface area contributed by atoms with Crippen LogP contribution < -0.4 is 0 Å². The number of piperidine rings is 1. The van der Waals surface area contributed by atoms with Crippen LogP contribution in [0.2, 0.25) is 0 Å². The van der Waals surface area contributed by atoms with E-state index in [2.05, 4.69) is 11.8 Å². The van der Waals surface area contributed by atoms with E-state index in [1.807, 2.05) is 6.92 Å². The van der Waals surface area contributed by atoms with Gasteiger partial charge < -0.3 is 14.9 Å². The Morgan fingerprint density at radius 1 is 1.47 bits per heavy atom. The van der Waals surface area contributed by atoms with Gasteiger partial charge >= 0.3 is 0 Å². The SMILES string of the molecule is CCCCOCC(O)CN1CCCC(C)(O)C1. The first-order chi connectivity index (χ1) is 8.03. The molecule has 17 heavy (non-hydrogen) atoms. The number of hydrogen-bond acceptors (Lipinski definition) is 4. The molecule has 0 aromatic rings. The smallest absolute Gasteiger partial charge is 0.0900 e. The Bertz CT molecular complexity index is 209. The van der Waals surface area contributed by atoms with Gasteiger partial charge in [0.15, 0.2) is 0 Å². The zero-order valence-electron chi connectivity index (χ0n) is 11.2. The van der Waals surface area contributed by atoms with Gasteiger partial charge in [-0.2, -0.15) is 0 Å². The van der Waals surface area contributed by atoms with Crippen LogP contribution in [-0.2, 0) is 4.74 Å². The first kappa shape index (κ1) is 14.9. The summed E-state index contributed by atoms with van der Waals surface area (Å²) >= 11 is 0. The van der Waals surface area contributed by atoms with Crippen molar-refractivity contribution in [3.63, 3.8) is 0 Å². The largest absolute Gasteiger partial charge is 0.389 e. The first-order valence-corrected chi connectivity index (χ1v) is 6.74. The molecular formula is C13H27NO3. The number of aliphatic hydroxyl groups excluding tert-OH is 1. The lowest BCUT2D eigenvalue weighted by atomic mass is 9.95. The Morgan fingerprint density at radius 3 is 2.88 bits per heavy atom. The van der Waals surface area contributed by atoms with Gasteiger partial charge in [0.1, 0.15) is 0 Å². The van der Waals surface area contributed by atoms with Crippen LogP contribution in [0.25, 0.3) is 0 Å². The zero-order chi connectivity index (χ0) is 12.7. The topological polar surface area (TPSA) is 52.9 Å². The summed E-state index contributed by atoms with van der Waals surface area (Å²) in [5, 5.41) is 19.8. The van der Waals surface area contributed by atoms with Crippen molar-refractivity contribution in [1.29, 1.82) is 0 Å². The van der Waals surface area contributed by atoms with E-state index >= 15 is 0 Å². The lowest BCUT2D eigenvalue weighted by molar-refractivity contribution is -0.0404. The van der Waals surface area contributed by atoms with Gasteiger partial charge in [0.25, 0.3) is 0 Å². The second-order valence-corrected chi connectivity index (χ2v) is 5.42. The third kappa shape index (κ3) is 6.36. The van der Waals surface area contributed by atoms with Crippen LogP contribution in [-0.4, -0.2) is 59.7 Å². The van der Waals surface area contributed by atoms with Crippen LogP contribution >= 0.6 is 0 Å². The van der Waals surface area contributed by atoms with E-state index in [0.717, 1.165) is 38.8 Å². The van der Waals surface area contributed by atoms with E-state index in [4.69, 9.17) is 4.74 Å². The molecule has 1 aliphatic heterocycles. The first-order valence-electron chi connectivity index (χ1n) is 6.74. The molecule has 0 aromatic carbocycles. The van der Waals surface area contributed by atoms with E-state index in [-0.39, 0.29) is 0 Å². The van der Waals surface area contributed by atoms with Crippen LogP contribution in [0.15, 0.2) is 0 Å². The Hall–Kier alpha value is -0.160. The second kappa shape index (κ2) is 7.31. The third-order valence-electron chi connectivity index (χ3n) is 3.18. The summed E-state index contributed by atoms with van der Waals surface area (Å²) in [6, 6.07) is 0. The van der Waals surface area contributed by atoms with Gasteiger partial charge in [0.2, 0.25) is 0 Å². The van der Waals surface area contributed by atoms with Gasteiger partial charge in [-0.05, 0) is 32.7 Å². The third-order valence-corrected chi connectivity index (χ3v) is 3.18. The molecule has 102 valence electrons. The second-order valence-electron chi connectivity index (χ2n) is 5.42. The van der Waals surface area contributed by atoms with Gasteiger partial charge in [-0.25, -0.2) is 0 Å². The maximum atomic E-state index is 9.95. The molecule has 1 rings (SSSR count). The summed E-state index contributed by atoms with van der Waals surface area (Å²) in [7, 11) is 0. The number of ether oxygens (including phenoxy) is 1. The Kier molecular flexibility index (Phi) is 6.41. The maximum absolute atomic E-state index is 9.95. The van der Waals surface area contributed by atoms with Gasteiger partial charge in [-0.15, -0.1) is 0 Å². The average molecular weight is 245 g/mol. The maximum Gasteiger partial charge on any atom is 0.0900 e. The average Bonchev–Trinajstić information content (AvgIpc) is 2.23. The van der Waals surface area contributed by atoms with E-state index in [1.54, 1.807) is 0 Å². The van der Waals surface area contributed by atoms with Gasteiger partial charge in [-0.3, -0.25) is 4.90 Å². The summed E-state index contributed by atoms with van der Waals surface area (Å²) in [4.78, 5) is 2.12. The van der Waals surface area contributed by atoms with Crippen molar-refractivity contribution in [2.45, 2.75) is 51.2 Å². The molecule has 2 unspecified atom stereocenters. The minimum Gasteiger partial charge on any atom is -0.389 e. The molecule has 1 fully saturated rings. The molecule has 0 saturated carbocycles. The molecule has 4 heteroatoms. The molecular weight excluding hydrogens is 218 g/mol. The molecule has 0 spiro atoms. The number of hydrogen-bond donors (Lipinski definition) is 2. The zero-order valence-corrected chi connectivity index (χ0v) is 11.2. The van der Waals surface area contributed by atoms with E-state index in [0.29, 0.717) is 19.7 Å². The Labute approximate surface area is 105 Å². The van der Waals surface area contributed by atoms with Crippen LogP contribution in [0.1, 0.15) is 39.5 Å². The predicted molar refractivity (Wildman–Crippen MR) is 68.0 cm³/mol. The van der Waals surface area contributed by atoms with Crippen molar-refractivity contribution < 1.29 is 14.9 Å². The number of nitrogens with zero attached hydrogens (tertiary/aromatic N) is 1. The summed E-state index contributed by atoms with van der Waals surface area (Å²) in [6.07, 6.45) is 3.57. The highest BCUT2D eigenvalue weighted by atomic mass is 16.5. The van der Waals surface area contributed by atoms with Crippen molar-refractivity contribution in [3.8, 4) is 0 Å². The van der Waals surface area contributed by atoms with Crippen LogP contribution in [0.3, 0.4) is 0 Å². The molecule has 2 atom stereocenters. The number of aliphatic hydroxyl groups is 2. The molecule has 0 bridgehead atoms. The lowest BCUT2D eigenvalue weighted by Crippen LogP contribution is -2.48. The molecule has 1 aliphatic rings. The summed E-state index contributed by atoms with van der Waals surface area (Å²) < 4.78 is 5.39. The summed E-state index contributed by atoms with van der Waals surface area (Å²) in [6.45, 7) is 7.33. The fourth-order valence-electron chi connectivity index (χ4n) is 2.30. The molecule has 1 heterocycles. The molecule has 0 amide bonds. The number of rotatable bonds is 7. The molecule has 1 saturated heterocycles. The Morgan fingerprint density at radius 2 is 2.24 bits per heavy atom. The quantitative estimate of drug-likeness (QED) is 0.657. The van der Waals surface area contributed by atoms with Gasteiger partial charge in [-0.1, -0.05) is 13.3 Å². The van der Waals surface area contributed by atoms with E-state index < -0.39 is 11.7 Å². The molecule has 2 N–H and O–H groups in total. The Balaban J connectivity index is 2.15. The predicted octanol–water partition coefficient (Wildman–Crippen LogP) is 1.01. The highest BCUT2D eigenvalue weighted by molar-refractivity contribution is 4.83. The van der Waals surface area contributed by atoms with Crippen molar-refractivity contribution in [2.75, 3.05) is 32.8 Å². The van der Waals surface area contributed by atoms with Crippen LogP contribution in [0.5, 0.6) is 0 Å². The molecule has 0 aliphatic carbocycles. The minimum absolute atomic E-state index is 0.401. The minimum atomic E-state index is -0.596. The van der Waals surface area contributed by atoms with E-state index in [9.17, 15) is 10.2 Å². The normalized spacial score (nSPS) is 28.2. The highest BCUT2D eigenvalue weighted by Gasteiger charge is 2.29. The standard InChI is InChI=1S/C13H27NO3/c1-3-4-8-17-10-12(15)9-14-7-5-6-13(2,16)11-14/h12,15-16H,3-11H2,1-2H3. The van der Waals surface area contributed by atoms with Gasteiger partial charge in [0, 0.05) is 19.7 Å². The fraction of sp³-hybridized carbons (Fsp3) is 1.00. The molecule has 0 radical (unpaired) electrons. The summed E-state index contributed by atoms with van der Waals surface area (Å²) in [5.74, 6) is 0. The van der Waals surface area contributed by atoms with Crippen LogP contribution in [0, 0.1) is 0 Å². The number of likely N-dealkylation sites (tertiary alicyclic amines) is 1. The van der Waals surface area contributed by atoms with Crippen LogP contribution in [0.4, 0.5) is 0 Å². The van der Waals surface area contributed by atoms with Gasteiger partial charge in [0.05, 0.1) is 18.3 Å². The van der Waals surface area contributed by atoms with Crippen molar-refractivity contribution in [2.24, 2.45) is 0 Å². The van der Waals surface area contributed by atoms with Crippen molar-refractivity contribution in [3.05, 3.63) is 0 Å². The fourth-order valence-corrected chi connectivity index (χ4v) is 2.30. The van der Waals surface area contributed by atoms with E-state index in [1.165, 1.54) is 0 Å². The van der Waals surface area contributed by atoms with Crippen molar-refractivity contribution >= 4 is 0 Å². The lowest BCUT2D eigenvalue weighted by Gasteiger charge is -2.37. The van der Waals surface area contributed by atoms with Crippen molar-refractivity contribution in [1.82, 2.24) is 4.90 Å². The number of unbranched alkanes of at least 4 members (excludes halogenated alkanes) is 1. The summed E-state index contributed by atoms with van der Waals surface area (Å²) in [5.41, 5.74) is -0.596. The molecule has 4 nitrogen and oxygen atoms in total.